The van der Waals surface area contributed by atoms with Crippen molar-refractivity contribution < 1.29 is 0 Å². The molecule has 1 aliphatic carbocycles. The zero-order chi connectivity index (χ0) is 12.0. The summed E-state index contributed by atoms with van der Waals surface area (Å²) in [5.41, 5.74) is 0. The number of hydrogen-bond acceptors (Lipinski definition) is 2. The Morgan fingerprint density at radius 1 is 0.941 bits per heavy atom. The Bertz CT molecular complexity index is 264. The van der Waals surface area contributed by atoms with E-state index in [1.165, 1.54) is 38.5 Å². The molecule has 0 radical (unpaired) electrons. The van der Waals surface area contributed by atoms with E-state index < -0.39 is 0 Å². The van der Waals surface area contributed by atoms with E-state index in [-0.39, 0.29) is 0 Å². The summed E-state index contributed by atoms with van der Waals surface area (Å²) in [6.07, 6.45) is 8.62. The molecule has 1 N–H and O–H groups in total. The van der Waals surface area contributed by atoms with Crippen LogP contribution in [0.15, 0.2) is 0 Å². The molecule has 2 bridgehead atoms. The first kappa shape index (κ1) is 12.0. The van der Waals surface area contributed by atoms with Crippen LogP contribution in [-0.2, 0) is 0 Å². The van der Waals surface area contributed by atoms with E-state index in [2.05, 4.69) is 31.1 Å². The summed E-state index contributed by atoms with van der Waals surface area (Å²) in [6.45, 7) is 4.94. The molecule has 2 aliphatic heterocycles. The van der Waals surface area contributed by atoms with E-state index in [0.717, 1.165) is 36.0 Å². The SMILES string of the molecule is CNC1CC2CCC(C1)N2C1CCC(C)C1C. The van der Waals surface area contributed by atoms with E-state index in [0.29, 0.717) is 0 Å². The van der Waals surface area contributed by atoms with Crippen molar-refractivity contribution in [3.8, 4) is 0 Å². The van der Waals surface area contributed by atoms with Gasteiger partial charge in [0.15, 0.2) is 0 Å². The molecule has 0 aromatic carbocycles. The molecule has 3 fully saturated rings. The van der Waals surface area contributed by atoms with Crippen LogP contribution in [0, 0.1) is 11.8 Å². The van der Waals surface area contributed by atoms with Crippen molar-refractivity contribution in [2.75, 3.05) is 7.05 Å². The Kier molecular flexibility index (Phi) is 3.20. The number of nitrogens with zero attached hydrogens (tertiary/aromatic N) is 1. The number of hydrogen-bond donors (Lipinski definition) is 1. The lowest BCUT2D eigenvalue weighted by Gasteiger charge is -2.44. The second-order valence-corrected chi connectivity index (χ2v) is 6.77. The monoisotopic (exact) mass is 236 g/mol. The van der Waals surface area contributed by atoms with Crippen LogP contribution in [0.5, 0.6) is 0 Å². The maximum atomic E-state index is 3.51. The van der Waals surface area contributed by atoms with E-state index in [4.69, 9.17) is 0 Å². The molecular weight excluding hydrogens is 208 g/mol. The summed E-state index contributed by atoms with van der Waals surface area (Å²) in [4.78, 5) is 2.95. The summed E-state index contributed by atoms with van der Waals surface area (Å²) in [7, 11) is 2.14. The number of piperidine rings is 1. The summed E-state index contributed by atoms with van der Waals surface area (Å²) in [5, 5.41) is 3.51. The first-order valence-corrected chi connectivity index (χ1v) is 7.65. The zero-order valence-electron chi connectivity index (χ0n) is 11.7. The van der Waals surface area contributed by atoms with E-state index in [1.807, 2.05) is 0 Å². The molecular formula is C15H28N2. The summed E-state index contributed by atoms with van der Waals surface area (Å²) < 4.78 is 0. The van der Waals surface area contributed by atoms with Crippen LogP contribution in [0.3, 0.4) is 0 Å². The van der Waals surface area contributed by atoms with Crippen molar-refractivity contribution >= 4 is 0 Å². The molecule has 1 saturated carbocycles. The summed E-state index contributed by atoms with van der Waals surface area (Å²) in [6, 6.07) is 3.48. The van der Waals surface area contributed by atoms with Gasteiger partial charge in [-0.2, -0.15) is 0 Å². The second kappa shape index (κ2) is 4.55. The lowest BCUT2D eigenvalue weighted by Crippen LogP contribution is -2.53. The predicted molar refractivity (Wildman–Crippen MR) is 72.1 cm³/mol. The van der Waals surface area contributed by atoms with Crippen molar-refractivity contribution in [2.24, 2.45) is 11.8 Å². The Hall–Kier alpha value is -0.0800. The van der Waals surface area contributed by atoms with E-state index in [1.54, 1.807) is 0 Å². The fraction of sp³-hybridized carbons (Fsp3) is 1.00. The van der Waals surface area contributed by atoms with Gasteiger partial charge in [0.1, 0.15) is 0 Å². The first-order chi connectivity index (χ1) is 8.20. The highest BCUT2D eigenvalue weighted by molar-refractivity contribution is 5.02. The zero-order valence-corrected chi connectivity index (χ0v) is 11.7. The average molecular weight is 236 g/mol. The van der Waals surface area contributed by atoms with Crippen LogP contribution >= 0.6 is 0 Å². The third-order valence-electron chi connectivity index (χ3n) is 6.00. The van der Waals surface area contributed by atoms with Gasteiger partial charge in [-0.25, -0.2) is 0 Å². The molecule has 2 heterocycles. The van der Waals surface area contributed by atoms with Gasteiger partial charge in [-0.05, 0) is 57.4 Å². The molecule has 0 aromatic heterocycles. The largest absolute Gasteiger partial charge is 0.317 e. The highest BCUT2D eigenvalue weighted by Gasteiger charge is 2.46. The van der Waals surface area contributed by atoms with Gasteiger partial charge in [0.2, 0.25) is 0 Å². The first-order valence-electron chi connectivity index (χ1n) is 7.65. The summed E-state index contributed by atoms with van der Waals surface area (Å²) in [5.74, 6) is 1.87. The third kappa shape index (κ3) is 1.94. The molecule has 0 aromatic rings. The van der Waals surface area contributed by atoms with E-state index >= 15 is 0 Å². The molecule has 2 saturated heterocycles. The van der Waals surface area contributed by atoms with Gasteiger partial charge < -0.3 is 5.32 Å². The lowest BCUT2D eigenvalue weighted by molar-refractivity contribution is 0.0521. The number of fused-ring (bicyclic) bond motifs is 2. The third-order valence-corrected chi connectivity index (χ3v) is 6.00. The second-order valence-electron chi connectivity index (χ2n) is 6.77. The van der Waals surface area contributed by atoms with Crippen molar-refractivity contribution in [3.63, 3.8) is 0 Å². The molecule has 3 aliphatic rings. The van der Waals surface area contributed by atoms with Gasteiger partial charge >= 0.3 is 0 Å². The van der Waals surface area contributed by atoms with Gasteiger partial charge in [0, 0.05) is 24.2 Å². The minimum absolute atomic E-state index is 0.790. The average Bonchev–Trinajstić information content (AvgIpc) is 2.77. The molecule has 5 atom stereocenters. The Morgan fingerprint density at radius 3 is 2.06 bits per heavy atom. The molecule has 3 rings (SSSR count). The van der Waals surface area contributed by atoms with Gasteiger partial charge in [0.05, 0.1) is 0 Å². The van der Waals surface area contributed by atoms with Crippen molar-refractivity contribution in [1.82, 2.24) is 10.2 Å². The van der Waals surface area contributed by atoms with Gasteiger partial charge in [-0.3, -0.25) is 4.90 Å². The Balaban J connectivity index is 1.73. The smallest absolute Gasteiger partial charge is 0.0129 e. The highest BCUT2D eigenvalue weighted by atomic mass is 15.3. The van der Waals surface area contributed by atoms with Crippen LogP contribution < -0.4 is 5.32 Å². The normalized spacial score (nSPS) is 51.0. The standard InChI is InChI=1S/C15H28N2/c1-10-4-7-15(11(10)2)17-13-5-6-14(17)9-12(8-13)16-3/h10-16H,4-9H2,1-3H3. The highest BCUT2D eigenvalue weighted by Crippen LogP contribution is 2.44. The molecule has 2 nitrogen and oxygen atoms in total. The fourth-order valence-electron chi connectivity index (χ4n) is 4.75. The minimum atomic E-state index is 0.790. The minimum Gasteiger partial charge on any atom is -0.317 e. The van der Waals surface area contributed by atoms with E-state index in [9.17, 15) is 0 Å². The van der Waals surface area contributed by atoms with Crippen LogP contribution in [0.2, 0.25) is 0 Å². The van der Waals surface area contributed by atoms with Gasteiger partial charge in [-0.1, -0.05) is 13.8 Å². The molecule has 98 valence electrons. The fourth-order valence-corrected chi connectivity index (χ4v) is 4.75. The Morgan fingerprint density at radius 2 is 1.59 bits per heavy atom. The molecule has 5 unspecified atom stereocenters. The molecule has 0 spiro atoms. The van der Waals surface area contributed by atoms with Crippen molar-refractivity contribution in [2.45, 2.75) is 76.5 Å². The molecule has 2 heteroatoms. The van der Waals surface area contributed by atoms with Crippen molar-refractivity contribution in [1.29, 1.82) is 0 Å². The lowest BCUT2D eigenvalue weighted by atomic mass is 9.91. The van der Waals surface area contributed by atoms with Crippen LogP contribution in [0.25, 0.3) is 0 Å². The number of nitrogens with one attached hydrogen (secondary N) is 1. The maximum absolute atomic E-state index is 3.51. The predicted octanol–water partition coefficient (Wildman–Crippen LogP) is 2.64. The number of rotatable bonds is 2. The molecule has 17 heavy (non-hydrogen) atoms. The maximum Gasteiger partial charge on any atom is 0.0129 e. The quantitative estimate of drug-likeness (QED) is 0.793. The summed E-state index contributed by atoms with van der Waals surface area (Å²) >= 11 is 0. The Labute approximate surface area is 106 Å². The topological polar surface area (TPSA) is 15.3 Å². The van der Waals surface area contributed by atoms with Crippen molar-refractivity contribution in [3.05, 3.63) is 0 Å². The van der Waals surface area contributed by atoms with Crippen LogP contribution in [-0.4, -0.2) is 36.1 Å². The van der Waals surface area contributed by atoms with Crippen LogP contribution in [0.1, 0.15) is 52.4 Å². The van der Waals surface area contributed by atoms with Gasteiger partial charge in [-0.15, -0.1) is 0 Å². The van der Waals surface area contributed by atoms with Gasteiger partial charge in [0.25, 0.3) is 0 Å². The van der Waals surface area contributed by atoms with Crippen LogP contribution in [0.4, 0.5) is 0 Å². The molecule has 0 amide bonds.